The van der Waals surface area contributed by atoms with Gasteiger partial charge in [-0.3, -0.25) is 0 Å². The van der Waals surface area contributed by atoms with E-state index >= 15 is 0 Å². The Bertz CT molecular complexity index is 608. The zero-order valence-corrected chi connectivity index (χ0v) is 11.5. The number of benzene rings is 1. The topological polar surface area (TPSA) is 59.7 Å². The first-order valence-corrected chi connectivity index (χ1v) is 6.21. The number of hydrogen-bond donors (Lipinski definition) is 1. The second-order valence-electron chi connectivity index (χ2n) is 3.84. The minimum atomic E-state index is -1.14. The summed E-state index contributed by atoms with van der Waals surface area (Å²) in [5, 5.41) is 8.75. The van der Waals surface area contributed by atoms with E-state index < -0.39 is 12.1 Å². The molecule has 0 saturated carbocycles. The summed E-state index contributed by atoms with van der Waals surface area (Å²) in [5.74, 6) is -0.827. The van der Waals surface area contributed by atoms with Crippen LogP contribution >= 0.6 is 15.9 Å². The van der Waals surface area contributed by atoms with Crippen molar-refractivity contribution in [2.75, 3.05) is 0 Å². The molecule has 0 radical (unpaired) electrons. The summed E-state index contributed by atoms with van der Waals surface area (Å²) in [5.41, 5.74) is 0. The quantitative estimate of drug-likeness (QED) is 0.920. The summed E-state index contributed by atoms with van der Waals surface area (Å²) in [4.78, 5) is 10.7. The Morgan fingerprint density at radius 2 is 2.16 bits per heavy atom. The van der Waals surface area contributed by atoms with E-state index in [2.05, 4.69) is 15.9 Å². The lowest BCUT2D eigenvalue weighted by atomic mass is 10.3. The van der Waals surface area contributed by atoms with Gasteiger partial charge < -0.3 is 14.3 Å². The molecule has 4 nitrogen and oxygen atoms in total. The molecule has 0 aliphatic rings. The molecule has 0 amide bonds. The van der Waals surface area contributed by atoms with Crippen LogP contribution in [0.4, 0.5) is 4.39 Å². The SMILES string of the molecule is CC(Oc1ccc(F)c(Br)c1)c1ccc(C(=O)O)o1. The first-order chi connectivity index (χ1) is 8.97. The van der Waals surface area contributed by atoms with Crippen LogP contribution in [-0.4, -0.2) is 11.1 Å². The highest BCUT2D eigenvalue weighted by atomic mass is 79.9. The molecule has 0 aliphatic heterocycles. The van der Waals surface area contributed by atoms with Crippen LogP contribution in [0.1, 0.15) is 29.3 Å². The Morgan fingerprint density at radius 1 is 1.42 bits per heavy atom. The molecule has 100 valence electrons. The third-order valence-electron chi connectivity index (χ3n) is 2.44. The fourth-order valence-corrected chi connectivity index (χ4v) is 1.86. The molecule has 0 bridgehead atoms. The van der Waals surface area contributed by atoms with Crippen LogP contribution in [0.3, 0.4) is 0 Å². The minimum Gasteiger partial charge on any atom is -0.483 e. The third kappa shape index (κ3) is 3.14. The third-order valence-corrected chi connectivity index (χ3v) is 3.05. The monoisotopic (exact) mass is 328 g/mol. The Morgan fingerprint density at radius 3 is 2.74 bits per heavy atom. The van der Waals surface area contributed by atoms with Crippen LogP contribution in [0, 0.1) is 5.82 Å². The van der Waals surface area contributed by atoms with Crippen molar-refractivity contribution in [3.8, 4) is 5.75 Å². The number of aromatic carboxylic acids is 1. The smallest absolute Gasteiger partial charge is 0.371 e. The van der Waals surface area contributed by atoms with E-state index in [-0.39, 0.29) is 11.6 Å². The van der Waals surface area contributed by atoms with Gasteiger partial charge >= 0.3 is 5.97 Å². The molecule has 0 saturated heterocycles. The molecule has 2 rings (SSSR count). The fraction of sp³-hybridized carbons (Fsp3) is 0.154. The molecule has 1 N–H and O–H groups in total. The normalized spacial score (nSPS) is 12.2. The molecule has 6 heteroatoms. The predicted molar refractivity (Wildman–Crippen MR) is 68.8 cm³/mol. The second kappa shape index (κ2) is 5.44. The van der Waals surface area contributed by atoms with Crippen molar-refractivity contribution in [1.82, 2.24) is 0 Å². The Balaban J connectivity index is 2.13. The lowest BCUT2D eigenvalue weighted by Crippen LogP contribution is -2.02. The van der Waals surface area contributed by atoms with Gasteiger partial charge in [0, 0.05) is 0 Å². The number of halogens is 2. The number of carboxylic acids is 1. The zero-order chi connectivity index (χ0) is 14.0. The van der Waals surface area contributed by atoms with Crippen LogP contribution in [0.15, 0.2) is 39.2 Å². The summed E-state index contributed by atoms with van der Waals surface area (Å²) < 4.78 is 24.0. The first kappa shape index (κ1) is 13.6. The van der Waals surface area contributed by atoms with E-state index in [4.69, 9.17) is 14.3 Å². The molecule has 0 spiro atoms. The van der Waals surface area contributed by atoms with Gasteiger partial charge in [-0.25, -0.2) is 9.18 Å². The van der Waals surface area contributed by atoms with E-state index in [1.807, 2.05) is 0 Å². The minimum absolute atomic E-state index is 0.147. The predicted octanol–water partition coefficient (Wildman–Crippen LogP) is 4.02. The molecule has 1 heterocycles. The molecule has 0 aliphatic carbocycles. The van der Waals surface area contributed by atoms with Gasteiger partial charge in [0.2, 0.25) is 5.76 Å². The van der Waals surface area contributed by atoms with Crippen molar-refractivity contribution in [3.05, 3.63) is 52.1 Å². The summed E-state index contributed by atoms with van der Waals surface area (Å²) in [7, 11) is 0. The van der Waals surface area contributed by atoms with Crippen molar-refractivity contribution in [3.63, 3.8) is 0 Å². The average molecular weight is 329 g/mol. The highest BCUT2D eigenvalue weighted by molar-refractivity contribution is 9.10. The second-order valence-corrected chi connectivity index (χ2v) is 4.70. The molecule has 0 fully saturated rings. The highest BCUT2D eigenvalue weighted by Gasteiger charge is 2.15. The van der Waals surface area contributed by atoms with Gasteiger partial charge in [-0.2, -0.15) is 0 Å². The van der Waals surface area contributed by atoms with Crippen molar-refractivity contribution >= 4 is 21.9 Å². The van der Waals surface area contributed by atoms with E-state index in [1.54, 1.807) is 6.92 Å². The molecular weight excluding hydrogens is 319 g/mol. The van der Waals surface area contributed by atoms with Crippen LogP contribution in [-0.2, 0) is 0 Å². The van der Waals surface area contributed by atoms with E-state index in [0.717, 1.165) is 0 Å². The Labute approximate surface area is 116 Å². The van der Waals surface area contributed by atoms with Crippen molar-refractivity contribution in [1.29, 1.82) is 0 Å². The van der Waals surface area contributed by atoms with Gasteiger partial charge in [-0.1, -0.05) is 0 Å². The van der Waals surface area contributed by atoms with Crippen LogP contribution in [0.25, 0.3) is 0 Å². The average Bonchev–Trinajstić information content (AvgIpc) is 2.83. The van der Waals surface area contributed by atoms with Crippen LogP contribution < -0.4 is 4.74 Å². The number of carboxylic acid groups (broad SMARTS) is 1. The molecule has 1 unspecified atom stereocenters. The molecule has 19 heavy (non-hydrogen) atoms. The highest BCUT2D eigenvalue weighted by Crippen LogP contribution is 2.27. The maximum Gasteiger partial charge on any atom is 0.371 e. The number of hydrogen-bond acceptors (Lipinski definition) is 3. The van der Waals surface area contributed by atoms with Gasteiger partial charge in [-0.05, 0) is 53.2 Å². The standard InChI is InChI=1S/C13H10BrFO4/c1-7(11-4-5-12(19-11)13(16)17)18-8-2-3-10(15)9(14)6-8/h2-7H,1H3,(H,16,17). The largest absolute Gasteiger partial charge is 0.483 e. The summed E-state index contributed by atoms with van der Waals surface area (Å²) in [6, 6.07) is 7.15. The number of carbonyl (C=O) groups is 1. The lowest BCUT2D eigenvalue weighted by Gasteiger charge is -2.12. The van der Waals surface area contributed by atoms with Crippen LogP contribution in [0.2, 0.25) is 0 Å². The first-order valence-electron chi connectivity index (χ1n) is 5.42. The van der Waals surface area contributed by atoms with Crippen molar-refractivity contribution < 1.29 is 23.4 Å². The van der Waals surface area contributed by atoms with E-state index in [9.17, 15) is 9.18 Å². The Hall–Kier alpha value is -1.82. The number of ether oxygens (including phenoxy) is 1. The van der Waals surface area contributed by atoms with E-state index in [1.165, 1.54) is 30.3 Å². The zero-order valence-electron chi connectivity index (χ0n) is 9.89. The van der Waals surface area contributed by atoms with Gasteiger partial charge in [0.1, 0.15) is 17.3 Å². The summed E-state index contributed by atoms with van der Waals surface area (Å²) in [6.45, 7) is 1.71. The summed E-state index contributed by atoms with van der Waals surface area (Å²) in [6.07, 6.45) is -0.481. The van der Waals surface area contributed by atoms with Gasteiger partial charge in [0.15, 0.2) is 6.10 Å². The van der Waals surface area contributed by atoms with Crippen molar-refractivity contribution in [2.45, 2.75) is 13.0 Å². The Kier molecular flexibility index (Phi) is 3.90. The van der Waals surface area contributed by atoms with Gasteiger partial charge in [0.25, 0.3) is 0 Å². The summed E-state index contributed by atoms with van der Waals surface area (Å²) >= 11 is 3.06. The number of furan rings is 1. The maximum absolute atomic E-state index is 13.1. The number of rotatable bonds is 4. The van der Waals surface area contributed by atoms with Gasteiger partial charge in [0.05, 0.1) is 4.47 Å². The van der Waals surface area contributed by atoms with Crippen molar-refractivity contribution in [2.24, 2.45) is 0 Å². The molecule has 1 atom stereocenters. The van der Waals surface area contributed by atoms with E-state index in [0.29, 0.717) is 16.0 Å². The molecule has 1 aromatic carbocycles. The van der Waals surface area contributed by atoms with Gasteiger partial charge in [-0.15, -0.1) is 0 Å². The lowest BCUT2D eigenvalue weighted by molar-refractivity contribution is 0.0655. The molecule has 1 aromatic heterocycles. The van der Waals surface area contributed by atoms with Crippen LogP contribution in [0.5, 0.6) is 5.75 Å². The molecule has 2 aromatic rings. The fourth-order valence-electron chi connectivity index (χ4n) is 1.50. The maximum atomic E-state index is 13.1. The molecular formula is C13H10BrFO4.